The third-order valence-corrected chi connectivity index (χ3v) is 3.75. The SMILES string of the molecule is CCCOc1cccc(C(O)CC2CCCC2)c1. The first-order valence-electron chi connectivity index (χ1n) is 7.20. The molecule has 1 fully saturated rings. The summed E-state index contributed by atoms with van der Waals surface area (Å²) in [4.78, 5) is 0. The normalized spacial score (nSPS) is 17.9. The topological polar surface area (TPSA) is 29.5 Å². The van der Waals surface area contributed by atoms with Crippen molar-refractivity contribution in [2.24, 2.45) is 5.92 Å². The Bertz CT molecular complexity index is 356. The van der Waals surface area contributed by atoms with E-state index in [9.17, 15) is 5.11 Å². The highest BCUT2D eigenvalue weighted by Crippen LogP contribution is 2.33. The van der Waals surface area contributed by atoms with E-state index >= 15 is 0 Å². The molecule has 2 nitrogen and oxygen atoms in total. The molecule has 0 amide bonds. The van der Waals surface area contributed by atoms with E-state index in [2.05, 4.69) is 6.92 Å². The van der Waals surface area contributed by atoms with Crippen LogP contribution in [0.25, 0.3) is 0 Å². The molecule has 2 heteroatoms. The van der Waals surface area contributed by atoms with E-state index in [4.69, 9.17) is 4.74 Å². The molecule has 1 atom stereocenters. The van der Waals surface area contributed by atoms with E-state index < -0.39 is 0 Å². The first-order chi connectivity index (χ1) is 8.79. The number of aliphatic hydroxyl groups excluding tert-OH is 1. The molecule has 100 valence electrons. The lowest BCUT2D eigenvalue weighted by Gasteiger charge is -2.16. The highest BCUT2D eigenvalue weighted by atomic mass is 16.5. The zero-order valence-corrected chi connectivity index (χ0v) is 11.3. The second-order valence-electron chi connectivity index (χ2n) is 5.32. The summed E-state index contributed by atoms with van der Waals surface area (Å²) >= 11 is 0. The molecule has 1 aliphatic rings. The minimum atomic E-state index is -0.335. The number of hydrogen-bond donors (Lipinski definition) is 1. The van der Waals surface area contributed by atoms with Gasteiger partial charge in [-0.05, 0) is 36.5 Å². The van der Waals surface area contributed by atoms with Crippen LogP contribution >= 0.6 is 0 Å². The van der Waals surface area contributed by atoms with E-state index in [1.807, 2.05) is 24.3 Å². The van der Waals surface area contributed by atoms with Crippen LogP contribution in [0.5, 0.6) is 5.75 Å². The standard InChI is InChI=1S/C16H24O2/c1-2-10-18-15-9-5-8-14(12-15)16(17)11-13-6-3-4-7-13/h5,8-9,12-13,16-17H,2-4,6-7,10-11H2,1H3. The summed E-state index contributed by atoms with van der Waals surface area (Å²) in [7, 11) is 0. The van der Waals surface area contributed by atoms with Crippen molar-refractivity contribution >= 4 is 0 Å². The third kappa shape index (κ3) is 3.74. The van der Waals surface area contributed by atoms with E-state index in [-0.39, 0.29) is 6.10 Å². The van der Waals surface area contributed by atoms with Gasteiger partial charge in [0.15, 0.2) is 0 Å². The van der Waals surface area contributed by atoms with E-state index in [1.165, 1.54) is 25.7 Å². The molecular weight excluding hydrogens is 224 g/mol. The molecule has 1 aliphatic carbocycles. The highest BCUT2D eigenvalue weighted by molar-refractivity contribution is 5.29. The molecule has 0 aromatic heterocycles. The van der Waals surface area contributed by atoms with Crippen molar-refractivity contribution in [3.05, 3.63) is 29.8 Å². The molecule has 18 heavy (non-hydrogen) atoms. The fourth-order valence-electron chi connectivity index (χ4n) is 2.73. The van der Waals surface area contributed by atoms with Gasteiger partial charge >= 0.3 is 0 Å². The molecule has 1 unspecified atom stereocenters. The Kier molecular flexibility index (Phi) is 5.06. The number of aliphatic hydroxyl groups is 1. The van der Waals surface area contributed by atoms with Gasteiger partial charge in [0, 0.05) is 0 Å². The average molecular weight is 248 g/mol. The number of ether oxygens (including phenoxy) is 1. The van der Waals surface area contributed by atoms with Crippen LogP contribution in [0.3, 0.4) is 0 Å². The summed E-state index contributed by atoms with van der Waals surface area (Å²) in [6.07, 6.45) is 6.80. The summed E-state index contributed by atoms with van der Waals surface area (Å²) in [5, 5.41) is 10.3. The fourth-order valence-corrected chi connectivity index (χ4v) is 2.73. The Morgan fingerprint density at radius 2 is 2.11 bits per heavy atom. The van der Waals surface area contributed by atoms with E-state index in [0.717, 1.165) is 30.8 Å². The molecule has 0 heterocycles. The first-order valence-corrected chi connectivity index (χ1v) is 7.20. The summed E-state index contributed by atoms with van der Waals surface area (Å²) in [5.74, 6) is 1.58. The Balaban J connectivity index is 1.93. The van der Waals surface area contributed by atoms with Gasteiger partial charge in [0.1, 0.15) is 5.75 Å². The maximum atomic E-state index is 10.3. The Morgan fingerprint density at radius 3 is 2.83 bits per heavy atom. The quantitative estimate of drug-likeness (QED) is 0.821. The largest absolute Gasteiger partial charge is 0.494 e. The van der Waals surface area contributed by atoms with Gasteiger partial charge in [-0.3, -0.25) is 0 Å². The van der Waals surface area contributed by atoms with Crippen LogP contribution < -0.4 is 4.74 Å². The number of rotatable bonds is 6. The lowest BCUT2D eigenvalue weighted by atomic mass is 9.96. The van der Waals surface area contributed by atoms with E-state index in [0.29, 0.717) is 5.92 Å². The van der Waals surface area contributed by atoms with Crippen molar-refractivity contribution in [2.75, 3.05) is 6.61 Å². The van der Waals surface area contributed by atoms with Crippen molar-refractivity contribution < 1.29 is 9.84 Å². The van der Waals surface area contributed by atoms with Gasteiger partial charge in [0.25, 0.3) is 0 Å². The summed E-state index contributed by atoms with van der Waals surface area (Å²) < 4.78 is 5.60. The molecule has 1 N–H and O–H groups in total. The third-order valence-electron chi connectivity index (χ3n) is 3.75. The van der Waals surface area contributed by atoms with Gasteiger partial charge in [0.05, 0.1) is 12.7 Å². The molecule has 0 saturated heterocycles. The molecule has 0 bridgehead atoms. The molecule has 1 aromatic carbocycles. The van der Waals surface area contributed by atoms with Crippen molar-refractivity contribution in [1.29, 1.82) is 0 Å². The van der Waals surface area contributed by atoms with Gasteiger partial charge < -0.3 is 9.84 Å². The van der Waals surface area contributed by atoms with Crippen molar-refractivity contribution in [3.8, 4) is 5.75 Å². The molecule has 0 spiro atoms. The van der Waals surface area contributed by atoms with Crippen LogP contribution in [0.2, 0.25) is 0 Å². The summed E-state index contributed by atoms with van der Waals surface area (Å²) in [6.45, 7) is 2.83. The van der Waals surface area contributed by atoms with Gasteiger partial charge in [-0.1, -0.05) is 44.7 Å². The van der Waals surface area contributed by atoms with Crippen LogP contribution in [0.1, 0.15) is 57.1 Å². The molecular formula is C16H24O2. The lowest BCUT2D eigenvalue weighted by molar-refractivity contribution is 0.144. The van der Waals surface area contributed by atoms with Gasteiger partial charge in [-0.15, -0.1) is 0 Å². The fraction of sp³-hybridized carbons (Fsp3) is 0.625. The molecule has 0 radical (unpaired) electrons. The van der Waals surface area contributed by atoms with Gasteiger partial charge in [0.2, 0.25) is 0 Å². The summed E-state index contributed by atoms with van der Waals surface area (Å²) in [6, 6.07) is 7.91. The maximum Gasteiger partial charge on any atom is 0.119 e. The Hall–Kier alpha value is -1.02. The maximum absolute atomic E-state index is 10.3. The number of benzene rings is 1. The van der Waals surface area contributed by atoms with E-state index in [1.54, 1.807) is 0 Å². The predicted molar refractivity (Wildman–Crippen MR) is 73.8 cm³/mol. The average Bonchev–Trinajstić information content (AvgIpc) is 2.89. The molecule has 2 rings (SSSR count). The molecule has 0 aliphatic heterocycles. The second kappa shape index (κ2) is 6.79. The minimum absolute atomic E-state index is 0.335. The Morgan fingerprint density at radius 1 is 1.33 bits per heavy atom. The van der Waals surface area contributed by atoms with Crippen LogP contribution in [-0.4, -0.2) is 11.7 Å². The smallest absolute Gasteiger partial charge is 0.119 e. The van der Waals surface area contributed by atoms with Crippen LogP contribution in [-0.2, 0) is 0 Å². The van der Waals surface area contributed by atoms with Crippen LogP contribution in [0, 0.1) is 5.92 Å². The summed E-state index contributed by atoms with van der Waals surface area (Å²) in [5.41, 5.74) is 0.996. The monoisotopic (exact) mass is 248 g/mol. The van der Waals surface area contributed by atoms with Gasteiger partial charge in [-0.25, -0.2) is 0 Å². The lowest BCUT2D eigenvalue weighted by Crippen LogP contribution is -2.05. The van der Waals surface area contributed by atoms with Crippen molar-refractivity contribution in [2.45, 2.75) is 51.6 Å². The van der Waals surface area contributed by atoms with Crippen LogP contribution in [0.4, 0.5) is 0 Å². The second-order valence-corrected chi connectivity index (χ2v) is 5.32. The first kappa shape index (κ1) is 13.4. The number of hydrogen-bond acceptors (Lipinski definition) is 2. The predicted octanol–water partition coefficient (Wildman–Crippen LogP) is 4.09. The van der Waals surface area contributed by atoms with Gasteiger partial charge in [-0.2, -0.15) is 0 Å². The molecule has 1 aromatic rings. The zero-order chi connectivity index (χ0) is 12.8. The highest BCUT2D eigenvalue weighted by Gasteiger charge is 2.19. The van der Waals surface area contributed by atoms with Crippen molar-refractivity contribution in [1.82, 2.24) is 0 Å². The van der Waals surface area contributed by atoms with Crippen LogP contribution in [0.15, 0.2) is 24.3 Å². The zero-order valence-electron chi connectivity index (χ0n) is 11.3. The Labute approximate surface area is 110 Å². The molecule has 1 saturated carbocycles. The minimum Gasteiger partial charge on any atom is -0.494 e. The van der Waals surface area contributed by atoms with Crippen molar-refractivity contribution in [3.63, 3.8) is 0 Å².